The molecule has 1 rings (SSSR count). The molecule has 27 heavy (non-hydrogen) atoms. The van der Waals surface area contributed by atoms with Gasteiger partial charge >= 0.3 is 0 Å². The lowest BCUT2D eigenvalue weighted by atomic mass is 9.75. The van der Waals surface area contributed by atoms with Gasteiger partial charge in [-0.05, 0) is 39.9 Å². The van der Waals surface area contributed by atoms with E-state index in [1.54, 1.807) is 0 Å². The Morgan fingerprint density at radius 2 is 1.19 bits per heavy atom. The number of hydrogen-bond donors (Lipinski definition) is 0. The number of benzene rings is 1. The molecule has 1 aromatic rings. The van der Waals surface area contributed by atoms with E-state index in [1.807, 2.05) is 0 Å². The van der Waals surface area contributed by atoms with Crippen molar-refractivity contribution < 1.29 is 0 Å². The van der Waals surface area contributed by atoms with Gasteiger partial charge in [0.25, 0.3) is 0 Å². The van der Waals surface area contributed by atoms with E-state index in [0.717, 1.165) is 0 Å². The highest BCUT2D eigenvalue weighted by molar-refractivity contribution is 7.50. The fourth-order valence-electron chi connectivity index (χ4n) is 2.80. The van der Waals surface area contributed by atoms with Crippen LogP contribution in [0.4, 0.5) is 0 Å². The van der Waals surface area contributed by atoms with Crippen LogP contribution in [-0.4, -0.2) is 13.4 Å². The van der Waals surface area contributed by atoms with Crippen molar-refractivity contribution in [3.63, 3.8) is 0 Å². The van der Waals surface area contributed by atoms with Gasteiger partial charge in [0.15, 0.2) is 0 Å². The molecule has 1 aromatic carbocycles. The number of hydrogen-bond acceptors (Lipinski definition) is 0. The minimum Gasteiger partial charge on any atom is -0.127 e. The van der Waals surface area contributed by atoms with Crippen molar-refractivity contribution in [3.05, 3.63) is 28.8 Å². The summed E-state index contributed by atoms with van der Waals surface area (Å²) >= 11 is 0. The molecular weight excluding hydrogens is 359 g/mol. The average molecular weight is 401 g/mol. The minimum atomic E-state index is -1.36. The first-order valence-corrected chi connectivity index (χ1v) is 14.5. The zero-order valence-electron chi connectivity index (χ0n) is 20.1. The van der Waals surface area contributed by atoms with Crippen LogP contribution >= 0.6 is 8.20 Å². The topological polar surface area (TPSA) is 0 Å². The van der Waals surface area contributed by atoms with Crippen molar-refractivity contribution in [1.82, 2.24) is 0 Å². The predicted molar refractivity (Wildman–Crippen MR) is 131 cm³/mol. The van der Waals surface area contributed by atoms with Gasteiger partial charge in [0.1, 0.15) is 8.07 Å². The van der Waals surface area contributed by atoms with Gasteiger partial charge in [-0.2, -0.15) is 0 Å². The summed E-state index contributed by atoms with van der Waals surface area (Å²) in [7, 11) is -0.0930. The third-order valence-electron chi connectivity index (χ3n) is 4.49. The van der Waals surface area contributed by atoms with E-state index in [-0.39, 0.29) is 16.2 Å². The summed E-state index contributed by atoms with van der Waals surface area (Å²) in [5, 5.41) is 2.72. The van der Waals surface area contributed by atoms with Crippen LogP contribution in [0.2, 0.25) is 19.6 Å². The Balaban J connectivity index is 3.87. The lowest BCUT2D eigenvalue weighted by Crippen LogP contribution is -2.30. The Hall–Kier alpha value is -0.833. The number of rotatable bonds is 1. The molecule has 0 nitrogen and oxygen atoms in total. The molecule has 0 aromatic heterocycles. The van der Waals surface area contributed by atoms with Gasteiger partial charge in [-0.25, -0.2) is 0 Å². The highest BCUT2D eigenvalue weighted by atomic mass is 31.1. The van der Waals surface area contributed by atoms with Crippen LogP contribution in [0.15, 0.2) is 12.1 Å². The monoisotopic (exact) mass is 400 g/mol. The molecule has 0 spiro atoms. The van der Waals surface area contributed by atoms with Crippen LogP contribution in [-0.2, 0) is 16.2 Å². The van der Waals surface area contributed by atoms with E-state index in [0.29, 0.717) is 0 Å². The largest absolute Gasteiger partial charge is 0.129 e. The molecule has 0 amide bonds. The van der Waals surface area contributed by atoms with Crippen LogP contribution in [0.1, 0.15) is 85.9 Å². The SMILES string of the molecule is CC(C#C[Si](C)(C)C)=Pc1c(C(C)(C)C)cc(C(C)(C)C)cc1C(C)(C)C. The first-order valence-electron chi connectivity index (χ1n) is 10.1. The minimum absolute atomic E-state index is 0.107. The second kappa shape index (κ2) is 7.89. The van der Waals surface area contributed by atoms with Gasteiger partial charge in [-0.1, -0.05) is 108 Å². The van der Waals surface area contributed by atoms with Gasteiger partial charge in [0.05, 0.1) is 0 Å². The zero-order valence-corrected chi connectivity index (χ0v) is 22.0. The second-order valence-electron chi connectivity index (χ2n) is 11.9. The molecule has 0 unspecified atom stereocenters. The third-order valence-corrected chi connectivity index (χ3v) is 6.52. The Kier molecular flexibility index (Phi) is 7.07. The molecule has 0 fully saturated rings. The molecule has 0 saturated heterocycles. The van der Waals surface area contributed by atoms with Crippen molar-refractivity contribution >= 4 is 26.9 Å². The fourth-order valence-corrected chi connectivity index (χ4v) is 4.96. The molecule has 0 radical (unpaired) electrons. The molecule has 0 bridgehead atoms. The molecule has 0 aliphatic heterocycles. The fraction of sp³-hybridized carbons (Fsp3) is 0.640. The van der Waals surface area contributed by atoms with Crippen molar-refractivity contribution in [3.8, 4) is 11.5 Å². The normalized spacial score (nSPS) is 14.0. The van der Waals surface area contributed by atoms with Gasteiger partial charge in [-0.3, -0.25) is 0 Å². The molecule has 0 N–H and O–H groups in total. The molecule has 0 aliphatic carbocycles. The summed E-state index contributed by atoms with van der Waals surface area (Å²) < 4.78 is 0. The average Bonchev–Trinajstić information content (AvgIpc) is 2.40. The summed E-state index contributed by atoms with van der Waals surface area (Å²) in [6.07, 6.45) is 0. The third kappa shape index (κ3) is 7.25. The predicted octanol–water partition coefficient (Wildman–Crippen LogP) is 7.22. The Morgan fingerprint density at radius 3 is 1.48 bits per heavy atom. The van der Waals surface area contributed by atoms with Crippen LogP contribution in [0, 0.1) is 11.5 Å². The lowest BCUT2D eigenvalue weighted by Gasteiger charge is -2.32. The van der Waals surface area contributed by atoms with Gasteiger partial charge in [-0.15, -0.1) is 5.54 Å². The standard InChI is InChI=1S/C25H41PSi/c1-18(14-15-27(11,12)13)26-22-20(24(5,6)7)16-19(23(2,3)4)17-21(22)25(8,9)10/h16-17H,1-13H3. The van der Waals surface area contributed by atoms with Crippen LogP contribution in [0.5, 0.6) is 0 Å². The Bertz CT molecular complexity index is 738. The van der Waals surface area contributed by atoms with Crippen molar-refractivity contribution in [1.29, 1.82) is 0 Å². The quantitative estimate of drug-likeness (QED) is 0.265. The van der Waals surface area contributed by atoms with E-state index < -0.39 is 8.07 Å². The Morgan fingerprint density at radius 1 is 0.778 bits per heavy atom. The maximum absolute atomic E-state index is 3.54. The van der Waals surface area contributed by atoms with Crippen LogP contribution in [0.25, 0.3) is 0 Å². The first-order chi connectivity index (χ1) is 11.8. The van der Waals surface area contributed by atoms with Crippen molar-refractivity contribution in [2.75, 3.05) is 0 Å². The summed E-state index contributed by atoms with van der Waals surface area (Å²) in [5.41, 5.74) is 8.27. The van der Waals surface area contributed by atoms with Crippen LogP contribution < -0.4 is 5.30 Å². The second-order valence-corrected chi connectivity index (χ2v) is 18.0. The van der Waals surface area contributed by atoms with E-state index in [2.05, 4.69) is 112 Å². The molecule has 2 heteroatoms. The zero-order chi connectivity index (χ0) is 21.4. The summed E-state index contributed by atoms with van der Waals surface area (Å²) in [5.74, 6) is 3.49. The van der Waals surface area contributed by atoms with E-state index >= 15 is 0 Å². The smallest absolute Gasteiger partial charge is 0.127 e. The van der Waals surface area contributed by atoms with Crippen molar-refractivity contribution in [2.45, 2.75) is 105 Å². The van der Waals surface area contributed by atoms with E-state index in [1.165, 1.54) is 35.5 Å². The van der Waals surface area contributed by atoms with Gasteiger partial charge in [0.2, 0.25) is 0 Å². The first kappa shape index (κ1) is 24.2. The maximum Gasteiger partial charge on any atom is 0.129 e. The molecular formula is C25H41PSi. The summed E-state index contributed by atoms with van der Waals surface area (Å²) in [6.45, 7) is 30.1. The van der Waals surface area contributed by atoms with E-state index in [4.69, 9.17) is 0 Å². The molecule has 0 heterocycles. The highest BCUT2D eigenvalue weighted by Gasteiger charge is 2.28. The lowest BCUT2D eigenvalue weighted by molar-refractivity contribution is 0.554. The molecule has 0 saturated carbocycles. The molecule has 0 atom stereocenters. The summed E-state index contributed by atoms with van der Waals surface area (Å²) in [4.78, 5) is 0. The molecule has 0 aliphatic rings. The van der Waals surface area contributed by atoms with Crippen molar-refractivity contribution in [2.24, 2.45) is 0 Å². The van der Waals surface area contributed by atoms with Crippen LogP contribution in [0.3, 0.4) is 0 Å². The molecule has 150 valence electrons. The highest BCUT2D eigenvalue weighted by Crippen LogP contribution is 2.35. The maximum atomic E-state index is 3.54. The Labute approximate surface area is 172 Å². The van der Waals surface area contributed by atoms with Gasteiger partial charge < -0.3 is 0 Å². The summed E-state index contributed by atoms with van der Waals surface area (Å²) in [6, 6.07) is 4.91. The van der Waals surface area contributed by atoms with Gasteiger partial charge in [0, 0.05) is 10.6 Å². The van der Waals surface area contributed by atoms with E-state index in [9.17, 15) is 0 Å².